The van der Waals surface area contributed by atoms with Crippen LogP contribution in [0.2, 0.25) is 0 Å². The fraction of sp³-hybridized carbons (Fsp3) is 1.00. The van der Waals surface area contributed by atoms with Gasteiger partial charge in [0, 0.05) is 19.1 Å². The Balaban J connectivity index is 1.66. The maximum absolute atomic E-state index is 6.64. The first-order chi connectivity index (χ1) is 8.51. The highest BCUT2D eigenvalue weighted by Gasteiger charge is 2.52. The van der Waals surface area contributed by atoms with Crippen LogP contribution in [0, 0.1) is 17.8 Å². The molecule has 1 aliphatic carbocycles. The highest BCUT2D eigenvalue weighted by Crippen LogP contribution is 2.48. The number of ether oxygens (including phenoxy) is 1. The predicted octanol–water partition coefficient (Wildman–Crippen LogP) is 3.31. The molecule has 0 radical (unpaired) electrons. The molecule has 3 fully saturated rings. The Morgan fingerprint density at radius 3 is 2.39 bits per heavy atom. The lowest BCUT2D eigenvalue weighted by Crippen LogP contribution is -2.68. The molecule has 0 amide bonds. The van der Waals surface area contributed by atoms with E-state index in [0.717, 1.165) is 17.8 Å². The Morgan fingerprint density at radius 1 is 1.06 bits per heavy atom. The molecule has 2 heterocycles. The Morgan fingerprint density at radius 2 is 1.72 bits per heavy atom. The Bertz CT molecular complexity index is 308. The molecule has 2 heteroatoms. The van der Waals surface area contributed by atoms with Crippen LogP contribution in [0.1, 0.15) is 53.4 Å². The Labute approximate surface area is 112 Å². The molecule has 0 aromatic rings. The van der Waals surface area contributed by atoms with Crippen molar-refractivity contribution in [2.45, 2.75) is 71.1 Å². The van der Waals surface area contributed by atoms with E-state index < -0.39 is 0 Å². The van der Waals surface area contributed by atoms with Crippen LogP contribution in [-0.2, 0) is 4.74 Å². The van der Waals surface area contributed by atoms with E-state index in [1.807, 2.05) is 0 Å². The Kier molecular flexibility index (Phi) is 3.22. The molecule has 0 bridgehead atoms. The summed E-state index contributed by atoms with van der Waals surface area (Å²) in [7, 11) is 0. The number of likely N-dealkylation sites (tertiary alicyclic amines) is 1. The molecular weight excluding hydrogens is 222 g/mol. The fourth-order valence-electron chi connectivity index (χ4n) is 4.37. The molecule has 2 saturated heterocycles. The van der Waals surface area contributed by atoms with Gasteiger partial charge >= 0.3 is 0 Å². The summed E-state index contributed by atoms with van der Waals surface area (Å²) in [4.78, 5) is 2.55. The Hall–Kier alpha value is -0.0800. The van der Waals surface area contributed by atoms with Crippen LogP contribution in [0.25, 0.3) is 0 Å². The number of hydrogen-bond acceptors (Lipinski definition) is 2. The third kappa shape index (κ3) is 2.02. The zero-order chi connectivity index (χ0) is 12.9. The lowest BCUT2D eigenvalue weighted by Gasteiger charge is -2.59. The van der Waals surface area contributed by atoms with Crippen LogP contribution in [-0.4, -0.2) is 35.7 Å². The smallest absolute Gasteiger partial charge is 0.0939 e. The molecule has 18 heavy (non-hydrogen) atoms. The molecule has 4 atom stereocenters. The summed E-state index contributed by atoms with van der Waals surface area (Å²) in [6, 6.07) is 0.680. The van der Waals surface area contributed by atoms with Gasteiger partial charge in [-0.05, 0) is 50.9 Å². The van der Waals surface area contributed by atoms with Gasteiger partial charge in [0.25, 0.3) is 0 Å². The number of nitrogens with zero attached hydrogens (tertiary/aromatic N) is 1. The summed E-state index contributed by atoms with van der Waals surface area (Å²) < 4.78 is 6.64. The molecule has 2 aliphatic heterocycles. The van der Waals surface area contributed by atoms with Gasteiger partial charge in [0.15, 0.2) is 0 Å². The van der Waals surface area contributed by atoms with Crippen molar-refractivity contribution in [2.75, 3.05) is 13.1 Å². The van der Waals surface area contributed by atoms with Crippen LogP contribution >= 0.6 is 0 Å². The van der Waals surface area contributed by atoms with E-state index in [-0.39, 0.29) is 5.60 Å². The largest absolute Gasteiger partial charge is 0.369 e. The summed E-state index contributed by atoms with van der Waals surface area (Å²) in [5.74, 6) is 2.49. The van der Waals surface area contributed by atoms with Gasteiger partial charge in [-0.15, -0.1) is 0 Å². The van der Waals surface area contributed by atoms with Gasteiger partial charge in [0.2, 0.25) is 0 Å². The minimum atomic E-state index is 0.233. The van der Waals surface area contributed by atoms with Crippen molar-refractivity contribution in [1.29, 1.82) is 0 Å². The zero-order valence-corrected chi connectivity index (χ0v) is 12.5. The fourth-order valence-corrected chi connectivity index (χ4v) is 4.37. The molecule has 3 rings (SSSR count). The van der Waals surface area contributed by atoms with Gasteiger partial charge in [-0.1, -0.05) is 20.3 Å². The van der Waals surface area contributed by atoms with Crippen molar-refractivity contribution in [1.82, 2.24) is 4.90 Å². The van der Waals surface area contributed by atoms with Crippen LogP contribution in [0.15, 0.2) is 0 Å². The van der Waals surface area contributed by atoms with Gasteiger partial charge < -0.3 is 4.74 Å². The van der Waals surface area contributed by atoms with Crippen molar-refractivity contribution in [3.8, 4) is 0 Å². The van der Waals surface area contributed by atoms with Crippen LogP contribution < -0.4 is 0 Å². The molecule has 1 spiro atoms. The van der Waals surface area contributed by atoms with Crippen molar-refractivity contribution in [3.63, 3.8) is 0 Å². The van der Waals surface area contributed by atoms with Gasteiger partial charge in [-0.25, -0.2) is 0 Å². The van der Waals surface area contributed by atoms with Crippen LogP contribution in [0.3, 0.4) is 0 Å². The normalized spacial score (nSPS) is 43.8. The van der Waals surface area contributed by atoms with E-state index in [9.17, 15) is 0 Å². The molecule has 0 aromatic heterocycles. The average molecular weight is 251 g/mol. The van der Waals surface area contributed by atoms with Gasteiger partial charge in [0.1, 0.15) is 0 Å². The second-order valence-electron chi connectivity index (χ2n) is 7.50. The van der Waals surface area contributed by atoms with Crippen LogP contribution in [0.5, 0.6) is 0 Å². The third-order valence-corrected chi connectivity index (χ3v) is 5.82. The first-order valence-electron chi connectivity index (χ1n) is 7.93. The van der Waals surface area contributed by atoms with Crippen molar-refractivity contribution < 1.29 is 4.74 Å². The third-order valence-electron chi connectivity index (χ3n) is 5.82. The van der Waals surface area contributed by atoms with Crippen LogP contribution in [0.4, 0.5) is 0 Å². The van der Waals surface area contributed by atoms with Crippen molar-refractivity contribution >= 4 is 0 Å². The summed E-state index contributed by atoms with van der Waals surface area (Å²) in [6.07, 6.45) is 6.04. The van der Waals surface area contributed by atoms with E-state index in [4.69, 9.17) is 4.74 Å². The minimum Gasteiger partial charge on any atom is -0.369 e. The monoisotopic (exact) mass is 251 g/mol. The lowest BCUT2D eigenvalue weighted by molar-refractivity contribution is -0.244. The quantitative estimate of drug-likeness (QED) is 0.709. The summed E-state index contributed by atoms with van der Waals surface area (Å²) >= 11 is 0. The summed E-state index contributed by atoms with van der Waals surface area (Å²) in [5, 5.41) is 0. The maximum Gasteiger partial charge on any atom is 0.0939 e. The highest BCUT2D eigenvalue weighted by molar-refractivity contribution is 5.04. The van der Waals surface area contributed by atoms with E-state index >= 15 is 0 Å². The number of hydrogen-bond donors (Lipinski definition) is 0. The standard InChI is InChI=1S/C16H29NO/c1-11(2)17-9-16(10-17)8-7-14-12(3)5-6-13(4)15(14)18-16/h11-15H,5-10H2,1-4H3. The average Bonchev–Trinajstić information content (AvgIpc) is 2.30. The molecule has 0 N–H and O–H groups in total. The van der Waals surface area contributed by atoms with Crippen molar-refractivity contribution in [2.24, 2.45) is 17.8 Å². The molecule has 2 nitrogen and oxygen atoms in total. The zero-order valence-electron chi connectivity index (χ0n) is 12.5. The second kappa shape index (κ2) is 4.49. The first kappa shape index (κ1) is 12.9. The predicted molar refractivity (Wildman–Crippen MR) is 74.6 cm³/mol. The number of rotatable bonds is 1. The molecule has 104 valence electrons. The highest BCUT2D eigenvalue weighted by atomic mass is 16.5. The van der Waals surface area contributed by atoms with Gasteiger partial charge in [-0.2, -0.15) is 0 Å². The molecular formula is C16H29NO. The topological polar surface area (TPSA) is 12.5 Å². The summed E-state index contributed by atoms with van der Waals surface area (Å²) in [5.41, 5.74) is 0.233. The minimum absolute atomic E-state index is 0.233. The van der Waals surface area contributed by atoms with E-state index in [0.29, 0.717) is 12.1 Å². The second-order valence-corrected chi connectivity index (χ2v) is 7.50. The lowest BCUT2D eigenvalue weighted by atomic mass is 9.67. The SMILES string of the molecule is CC1CCC(C)C2OC3(CCC12)CN(C(C)C)C3. The molecule has 3 aliphatic rings. The molecule has 0 aromatic carbocycles. The van der Waals surface area contributed by atoms with E-state index in [1.54, 1.807) is 0 Å². The van der Waals surface area contributed by atoms with Gasteiger partial charge in [-0.3, -0.25) is 4.90 Å². The summed E-state index contributed by atoms with van der Waals surface area (Å²) in [6.45, 7) is 11.8. The molecule has 1 saturated carbocycles. The van der Waals surface area contributed by atoms with E-state index in [1.165, 1.54) is 38.8 Å². The van der Waals surface area contributed by atoms with Crippen molar-refractivity contribution in [3.05, 3.63) is 0 Å². The first-order valence-corrected chi connectivity index (χ1v) is 7.93. The number of fused-ring (bicyclic) bond motifs is 1. The maximum atomic E-state index is 6.64. The van der Waals surface area contributed by atoms with Gasteiger partial charge in [0.05, 0.1) is 11.7 Å². The van der Waals surface area contributed by atoms with E-state index in [2.05, 4.69) is 32.6 Å². The molecule has 4 unspecified atom stereocenters.